The number of rotatable bonds is 5. The Kier molecular flexibility index (Phi) is 6.36. The van der Waals surface area contributed by atoms with Crippen molar-refractivity contribution in [3.05, 3.63) is 118 Å². The molecule has 0 atom stereocenters. The summed E-state index contributed by atoms with van der Waals surface area (Å²) in [6, 6.07) is 29.1. The number of hydrogen-bond donors (Lipinski definition) is 1. The lowest BCUT2D eigenvalue weighted by Gasteiger charge is -2.10. The van der Waals surface area contributed by atoms with Crippen LogP contribution >= 0.6 is 23.2 Å². The highest BCUT2D eigenvalue weighted by atomic mass is 35.5. The molecular weight excluding hydrogens is 479 g/mol. The van der Waals surface area contributed by atoms with Gasteiger partial charge in [0.1, 0.15) is 0 Å². The molecule has 0 saturated carbocycles. The van der Waals surface area contributed by atoms with Crippen LogP contribution in [0.4, 0.5) is 0 Å². The summed E-state index contributed by atoms with van der Waals surface area (Å²) in [5, 5.41) is 11.9. The van der Waals surface area contributed by atoms with E-state index in [9.17, 15) is 4.79 Å². The van der Waals surface area contributed by atoms with Gasteiger partial charge in [0.05, 0.1) is 22.6 Å². The van der Waals surface area contributed by atoms with Gasteiger partial charge in [0, 0.05) is 16.1 Å². The zero-order valence-electron chi connectivity index (χ0n) is 18.7. The molecule has 1 N–H and O–H groups in total. The van der Waals surface area contributed by atoms with Gasteiger partial charge < -0.3 is 0 Å². The molecule has 1 amide bonds. The molecule has 1 aromatic heterocycles. The number of aromatic nitrogens is 2. The Hall–Kier alpha value is -3.93. The highest BCUT2D eigenvalue weighted by Gasteiger charge is 2.18. The van der Waals surface area contributed by atoms with Crippen molar-refractivity contribution >= 4 is 46.1 Å². The number of nitrogens with zero attached hydrogens (tertiary/aromatic N) is 3. The van der Waals surface area contributed by atoms with E-state index in [-0.39, 0.29) is 5.69 Å². The van der Waals surface area contributed by atoms with Crippen molar-refractivity contribution in [2.45, 2.75) is 6.92 Å². The fourth-order valence-electron chi connectivity index (χ4n) is 3.91. The van der Waals surface area contributed by atoms with Crippen LogP contribution in [0.5, 0.6) is 0 Å². The minimum absolute atomic E-state index is 0.244. The topological polar surface area (TPSA) is 59.3 Å². The van der Waals surface area contributed by atoms with E-state index >= 15 is 0 Å². The molecule has 0 bridgehead atoms. The second kappa shape index (κ2) is 9.74. The summed E-state index contributed by atoms with van der Waals surface area (Å²) in [5.74, 6) is -0.431. The first-order valence-electron chi connectivity index (χ1n) is 10.9. The van der Waals surface area contributed by atoms with Crippen LogP contribution in [0, 0.1) is 6.92 Å². The molecule has 7 heteroatoms. The predicted molar refractivity (Wildman–Crippen MR) is 143 cm³/mol. The first-order valence-corrected chi connectivity index (χ1v) is 11.7. The van der Waals surface area contributed by atoms with Crippen LogP contribution in [0.25, 0.3) is 27.7 Å². The number of aryl methyl sites for hydroxylation is 1. The molecule has 4 aromatic carbocycles. The first kappa shape index (κ1) is 22.8. The molecule has 5 aromatic rings. The molecule has 0 aliphatic rings. The molecule has 35 heavy (non-hydrogen) atoms. The van der Waals surface area contributed by atoms with Crippen molar-refractivity contribution in [1.29, 1.82) is 0 Å². The SMILES string of the molecule is Cc1cccc(-n2nc(C(=O)N/N=C\c3ccc(Cl)cc3Cl)cc2-c2cccc3ccccc23)c1. The number of carbonyl (C=O) groups is 1. The van der Waals surface area contributed by atoms with Gasteiger partial charge in [-0.1, -0.05) is 83.9 Å². The molecule has 5 nitrogen and oxygen atoms in total. The van der Waals surface area contributed by atoms with E-state index in [1.54, 1.807) is 28.9 Å². The number of hydrazone groups is 1. The van der Waals surface area contributed by atoms with Crippen LogP contribution in [0.2, 0.25) is 10.0 Å². The first-order chi connectivity index (χ1) is 17.0. The van der Waals surface area contributed by atoms with Crippen LogP contribution < -0.4 is 5.43 Å². The van der Waals surface area contributed by atoms with E-state index in [0.717, 1.165) is 33.3 Å². The standard InChI is InChI=1S/C28H20Cl2N4O/c1-18-6-4-9-22(14-18)34-27(24-11-5-8-19-7-2-3-10-23(19)24)16-26(33-34)28(35)32-31-17-20-12-13-21(29)15-25(20)30/h2-17H,1H3,(H,32,35)/b31-17-. The minimum atomic E-state index is -0.431. The summed E-state index contributed by atoms with van der Waals surface area (Å²) in [6.45, 7) is 2.02. The van der Waals surface area contributed by atoms with Crippen LogP contribution in [0.15, 0.2) is 96.1 Å². The van der Waals surface area contributed by atoms with E-state index in [4.69, 9.17) is 23.2 Å². The summed E-state index contributed by atoms with van der Waals surface area (Å²) in [6.07, 6.45) is 1.47. The average molecular weight is 499 g/mol. The lowest BCUT2D eigenvalue weighted by Crippen LogP contribution is -2.18. The van der Waals surface area contributed by atoms with E-state index in [1.165, 1.54) is 6.21 Å². The van der Waals surface area contributed by atoms with Crippen LogP contribution in [0.3, 0.4) is 0 Å². The zero-order chi connectivity index (χ0) is 24.4. The number of amides is 1. The van der Waals surface area contributed by atoms with Crippen LogP contribution in [0.1, 0.15) is 21.6 Å². The lowest BCUT2D eigenvalue weighted by molar-refractivity contribution is 0.0949. The molecule has 0 unspecified atom stereocenters. The van der Waals surface area contributed by atoms with Gasteiger partial charge in [-0.3, -0.25) is 4.79 Å². The van der Waals surface area contributed by atoms with Gasteiger partial charge >= 0.3 is 0 Å². The fraction of sp³-hybridized carbons (Fsp3) is 0.0357. The maximum atomic E-state index is 13.0. The molecule has 0 saturated heterocycles. The van der Waals surface area contributed by atoms with Gasteiger partial charge in [-0.05, 0) is 53.6 Å². The predicted octanol–water partition coefficient (Wildman–Crippen LogP) is 7.07. The zero-order valence-corrected chi connectivity index (χ0v) is 20.3. The minimum Gasteiger partial charge on any atom is -0.265 e. The molecule has 0 fully saturated rings. The number of benzene rings is 4. The van der Waals surface area contributed by atoms with Gasteiger partial charge in [-0.2, -0.15) is 10.2 Å². The number of carbonyl (C=O) groups excluding carboxylic acids is 1. The Labute approximate surface area is 212 Å². The third-order valence-corrected chi connectivity index (χ3v) is 6.15. The monoisotopic (exact) mass is 498 g/mol. The van der Waals surface area contributed by atoms with Crippen molar-refractivity contribution in [1.82, 2.24) is 15.2 Å². The van der Waals surface area contributed by atoms with E-state index < -0.39 is 5.91 Å². The van der Waals surface area contributed by atoms with Gasteiger partial charge in [0.25, 0.3) is 5.91 Å². The quantitative estimate of drug-likeness (QED) is 0.208. The van der Waals surface area contributed by atoms with Crippen molar-refractivity contribution in [2.24, 2.45) is 5.10 Å². The van der Waals surface area contributed by atoms with Crippen LogP contribution in [-0.2, 0) is 0 Å². The molecular formula is C28H20Cl2N4O. The molecule has 5 rings (SSSR count). The third kappa shape index (κ3) is 4.83. The molecule has 0 radical (unpaired) electrons. The van der Waals surface area contributed by atoms with Gasteiger partial charge in [-0.25, -0.2) is 10.1 Å². The Balaban J connectivity index is 1.54. The Morgan fingerprint density at radius 1 is 0.943 bits per heavy atom. The summed E-state index contributed by atoms with van der Waals surface area (Å²) < 4.78 is 1.80. The normalized spacial score (nSPS) is 11.3. The second-order valence-electron chi connectivity index (χ2n) is 8.06. The van der Waals surface area contributed by atoms with E-state index in [1.807, 2.05) is 55.5 Å². The van der Waals surface area contributed by atoms with E-state index in [2.05, 4.69) is 33.8 Å². The Bertz CT molecular complexity index is 1580. The highest BCUT2D eigenvalue weighted by molar-refractivity contribution is 6.36. The highest BCUT2D eigenvalue weighted by Crippen LogP contribution is 2.31. The van der Waals surface area contributed by atoms with E-state index in [0.29, 0.717) is 15.6 Å². The maximum absolute atomic E-state index is 13.0. The largest absolute Gasteiger partial charge is 0.291 e. The smallest absolute Gasteiger partial charge is 0.265 e. The van der Waals surface area contributed by atoms with Crippen LogP contribution in [-0.4, -0.2) is 21.9 Å². The van der Waals surface area contributed by atoms with Gasteiger partial charge in [0.2, 0.25) is 0 Å². The Morgan fingerprint density at radius 3 is 2.57 bits per heavy atom. The molecule has 1 heterocycles. The third-order valence-electron chi connectivity index (χ3n) is 5.59. The lowest BCUT2D eigenvalue weighted by atomic mass is 10.0. The average Bonchev–Trinajstić information content (AvgIpc) is 3.30. The molecule has 0 spiro atoms. The van der Waals surface area contributed by atoms with Crippen molar-refractivity contribution in [3.63, 3.8) is 0 Å². The fourth-order valence-corrected chi connectivity index (χ4v) is 4.37. The summed E-state index contributed by atoms with van der Waals surface area (Å²) in [4.78, 5) is 13.0. The van der Waals surface area contributed by atoms with Gasteiger partial charge in [0.15, 0.2) is 5.69 Å². The molecule has 0 aliphatic heterocycles. The number of halogens is 2. The molecule has 172 valence electrons. The van der Waals surface area contributed by atoms with Gasteiger partial charge in [-0.15, -0.1) is 0 Å². The maximum Gasteiger partial charge on any atom is 0.291 e. The van der Waals surface area contributed by atoms with Crippen molar-refractivity contribution < 1.29 is 4.79 Å². The summed E-state index contributed by atoms with van der Waals surface area (Å²) >= 11 is 12.1. The second-order valence-corrected chi connectivity index (χ2v) is 8.90. The number of hydrogen-bond acceptors (Lipinski definition) is 3. The summed E-state index contributed by atoms with van der Waals surface area (Å²) in [5.41, 5.74) is 7.17. The summed E-state index contributed by atoms with van der Waals surface area (Å²) in [7, 11) is 0. The Morgan fingerprint density at radius 2 is 1.74 bits per heavy atom. The van der Waals surface area contributed by atoms with Crippen molar-refractivity contribution in [2.75, 3.05) is 0 Å². The number of nitrogens with one attached hydrogen (secondary N) is 1. The number of fused-ring (bicyclic) bond motifs is 1. The van der Waals surface area contributed by atoms with Crippen molar-refractivity contribution in [3.8, 4) is 16.9 Å². The molecule has 0 aliphatic carbocycles.